The van der Waals surface area contributed by atoms with Gasteiger partial charge in [0.15, 0.2) is 17.4 Å². The van der Waals surface area contributed by atoms with Crippen molar-refractivity contribution in [3.8, 4) is 11.3 Å². The van der Waals surface area contributed by atoms with Gasteiger partial charge in [-0.1, -0.05) is 16.8 Å². The van der Waals surface area contributed by atoms with Gasteiger partial charge in [-0.25, -0.2) is 13.5 Å². The molecule has 1 aromatic carbocycles. The molecule has 0 unspecified atom stereocenters. The van der Waals surface area contributed by atoms with E-state index in [1.807, 2.05) is 0 Å². The van der Waals surface area contributed by atoms with E-state index in [1.54, 1.807) is 13.8 Å². The molecular formula is C20H23ClF2N4O5. The molecule has 0 radical (unpaired) electrons. The van der Waals surface area contributed by atoms with Crippen LogP contribution < -0.4 is 0 Å². The first-order chi connectivity index (χ1) is 15.3. The molecule has 12 heteroatoms. The highest BCUT2D eigenvalue weighted by Gasteiger charge is 2.52. The number of methoxy groups -OCH3 is 1. The first-order valence-electron chi connectivity index (χ1n) is 9.97. The van der Waals surface area contributed by atoms with Crippen LogP contribution in [-0.2, 0) is 18.9 Å². The van der Waals surface area contributed by atoms with Crippen LogP contribution in [-0.4, -0.2) is 70.3 Å². The number of hydrogen-bond donors (Lipinski definition) is 1. The predicted octanol–water partition coefficient (Wildman–Crippen LogP) is 3.20. The van der Waals surface area contributed by atoms with Crippen LogP contribution in [0.5, 0.6) is 0 Å². The molecule has 0 saturated carbocycles. The van der Waals surface area contributed by atoms with E-state index in [-0.39, 0.29) is 29.3 Å². The summed E-state index contributed by atoms with van der Waals surface area (Å²) < 4.78 is 53.7. The number of halogens is 3. The van der Waals surface area contributed by atoms with Crippen LogP contribution in [0.3, 0.4) is 0 Å². The van der Waals surface area contributed by atoms with Crippen molar-refractivity contribution in [1.82, 2.24) is 15.0 Å². The Hall–Kier alpha value is -2.18. The lowest BCUT2D eigenvalue weighted by Gasteiger charge is -2.50. The zero-order valence-electron chi connectivity index (χ0n) is 17.6. The van der Waals surface area contributed by atoms with E-state index in [2.05, 4.69) is 15.5 Å². The van der Waals surface area contributed by atoms with Gasteiger partial charge in [-0.2, -0.15) is 0 Å². The minimum absolute atomic E-state index is 0.0760. The van der Waals surface area contributed by atoms with Crippen LogP contribution in [0.15, 0.2) is 23.5 Å². The van der Waals surface area contributed by atoms with E-state index in [9.17, 15) is 8.78 Å². The van der Waals surface area contributed by atoms with E-state index >= 15 is 0 Å². The fraction of sp³-hybridized carbons (Fsp3) is 0.550. The van der Waals surface area contributed by atoms with Crippen LogP contribution in [0.25, 0.3) is 11.3 Å². The Kier molecular flexibility index (Phi) is 6.46. The van der Waals surface area contributed by atoms with Gasteiger partial charge in [-0.05, 0) is 26.0 Å². The molecule has 2 aliphatic heterocycles. The van der Waals surface area contributed by atoms with E-state index in [4.69, 9.17) is 35.8 Å². The number of oxime groups is 1. The van der Waals surface area contributed by atoms with Crippen molar-refractivity contribution >= 4 is 17.8 Å². The molecule has 174 valence electrons. The van der Waals surface area contributed by atoms with E-state index in [0.29, 0.717) is 0 Å². The third-order valence-corrected chi connectivity index (χ3v) is 5.88. The maximum absolute atomic E-state index is 14.5. The Labute approximate surface area is 187 Å². The number of ether oxygens (including phenoxy) is 4. The molecule has 32 heavy (non-hydrogen) atoms. The fourth-order valence-corrected chi connectivity index (χ4v) is 4.28. The summed E-state index contributed by atoms with van der Waals surface area (Å²) >= 11 is 5.66. The average molecular weight is 473 g/mol. The molecular weight excluding hydrogens is 450 g/mol. The van der Waals surface area contributed by atoms with E-state index in [1.165, 1.54) is 36.3 Å². The van der Waals surface area contributed by atoms with E-state index < -0.39 is 47.9 Å². The fourth-order valence-electron chi connectivity index (χ4n) is 4.13. The third kappa shape index (κ3) is 4.23. The lowest BCUT2D eigenvalue weighted by molar-refractivity contribution is -0.349. The summed E-state index contributed by atoms with van der Waals surface area (Å²) in [4.78, 5) is 0. The molecule has 0 bridgehead atoms. The topological polar surface area (TPSA) is 100 Å². The minimum atomic E-state index is -1.16. The van der Waals surface area contributed by atoms with Gasteiger partial charge in [0.25, 0.3) is 0 Å². The standard InChI is InChI=1S/C20H23ClF2N4O5/c1-20(2)30-9-14-19(32-20)17(18(29-3)13(31-14)6-7-24-28)27-8-12(25-26-27)10-4-5-11(21)16(23)15(10)22/h4-5,7-8,13-14,17-19,28H,6,9H2,1-3H3/t13-,14-,17-,18+,19+/m1/s1. The van der Waals surface area contributed by atoms with Gasteiger partial charge in [-0.15, -0.1) is 10.3 Å². The smallest absolute Gasteiger partial charge is 0.178 e. The largest absolute Gasteiger partial charge is 0.411 e. The Morgan fingerprint density at radius 1 is 1.38 bits per heavy atom. The van der Waals surface area contributed by atoms with Crippen molar-refractivity contribution in [3.63, 3.8) is 0 Å². The monoisotopic (exact) mass is 472 g/mol. The lowest BCUT2D eigenvalue weighted by Crippen LogP contribution is -2.62. The predicted molar refractivity (Wildman–Crippen MR) is 109 cm³/mol. The normalized spacial score (nSPS) is 29.9. The van der Waals surface area contributed by atoms with Crippen molar-refractivity contribution in [2.45, 2.75) is 56.5 Å². The molecule has 1 N–H and O–H groups in total. The molecule has 4 rings (SSSR count). The first kappa shape index (κ1) is 23.0. The third-order valence-electron chi connectivity index (χ3n) is 5.59. The van der Waals surface area contributed by atoms with Gasteiger partial charge in [-0.3, -0.25) is 0 Å². The summed E-state index contributed by atoms with van der Waals surface area (Å²) in [5.74, 6) is -3.15. The second-order valence-corrected chi connectivity index (χ2v) is 8.44. The van der Waals surface area contributed by atoms with Crippen molar-refractivity contribution < 1.29 is 32.9 Å². The molecule has 9 nitrogen and oxygen atoms in total. The Morgan fingerprint density at radius 2 is 2.16 bits per heavy atom. The molecule has 2 aliphatic rings. The van der Waals surface area contributed by atoms with Gasteiger partial charge < -0.3 is 24.2 Å². The van der Waals surface area contributed by atoms with Crippen LogP contribution >= 0.6 is 11.6 Å². The molecule has 2 fully saturated rings. The van der Waals surface area contributed by atoms with Gasteiger partial charge in [0.2, 0.25) is 0 Å². The molecule has 5 atom stereocenters. The highest BCUT2D eigenvalue weighted by molar-refractivity contribution is 6.30. The average Bonchev–Trinajstić information content (AvgIpc) is 3.24. The molecule has 0 amide bonds. The van der Waals surface area contributed by atoms with Crippen LogP contribution in [0, 0.1) is 11.6 Å². The van der Waals surface area contributed by atoms with Crippen molar-refractivity contribution in [2.75, 3.05) is 13.7 Å². The zero-order chi connectivity index (χ0) is 23.0. The summed E-state index contributed by atoms with van der Waals surface area (Å²) in [6.45, 7) is 3.83. The summed E-state index contributed by atoms with van der Waals surface area (Å²) in [7, 11) is 1.51. The summed E-state index contributed by atoms with van der Waals surface area (Å²) in [6.07, 6.45) is 0.977. The number of benzene rings is 1. The highest BCUT2D eigenvalue weighted by Crippen LogP contribution is 2.40. The van der Waals surface area contributed by atoms with Crippen molar-refractivity contribution in [1.29, 1.82) is 0 Å². The van der Waals surface area contributed by atoms with Crippen LogP contribution in [0.2, 0.25) is 5.02 Å². The maximum atomic E-state index is 14.5. The summed E-state index contributed by atoms with van der Waals surface area (Å²) in [5, 5.41) is 19.8. The number of aromatic nitrogens is 3. The minimum Gasteiger partial charge on any atom is -0.411 e. The van der Waals surface area contributed by atoms with Crippen LogP contribution in [0.1, 0.15) is 26.3 Å². The van der Waals surface area contributed by atoms with Gasteiger partial charge >= 0.3 is 0 Å². The SMILES string of the molecule is CO[C@@H]1[C@@H](n2cc(-c3ccc(Cl)c(F)c3F)nn2)[C@H]2OC(C)(C)OC[C@H]2O[C@@H]1CC=NO. The number of rotatable bonds is 5. The Balaban J connectivity index is 1.73. The highest BCUT2D eigenvalue weighted by atomic mass is 35.5. The molecule has 3 heterocycles. The molecule has 0 aliphatic carbocycles. The number of hydrogen-bond acceptors (Lipinski definition) is 8. The van der Waals surface area contributed by atoms with Gasteiger partial charge in [0.05, 0.1) is 23.9 Å². The quantitative estimate of drug-likeness (QED) is 0.308. The van der Waals surface area contributed by atoms with Gasteiger partial charge in [0.1, 0.15) is 30.0 Å². The zero-order valence-corrected chi connectivity index (χ0v) is 18.4. The summed E-state index contributed by atoms with van der Waals surface area (Å²) in [6, 6.07) is 2.05. The molecule has 0 spiro atoms. The Bertz CT molecular complexity index is 1000. The Morgan fingerprint density at radius 3 is 2.88 bits per heavy atom. The number of fused-ring (bicyclic) bond motifs is 1. The van der Waals surface area contributed by atoms with Crippen molar-refractivity contribution in [2.24, 2.45) is 5.16 Å². The van der Waals surface area contributed by atoms with Crippen molar-refractivity contribution in [3.05, 3.63) is 35.0 Å². The van der Waals surface area contributed by atoms with Crippen LogP contribution in [0.4, 0.5) is 8.78 Å². The van der Waals surface area contributed by atoms with Gasteiger partial charge in [0, 0.05) is 25.3 Å². The number of nitrogens with zero attached hydrogens (tertiary/aromatic N) is 4. The molecule has 2 saturated heterocycles. The second-order valence-electron chi connectivity index (χ2n) is 8.04. The maximum Gasteiger partial charge on any atom is 0.178 e. The molecule has 1 aromatic heterocycles. The van der Waals surface area contributed by atoms with E-state index in [0.717, 1.165) is 0 Å². The first-order valence-corrected chi connectivity index (χ1v) is 10.3. The molecule has 2 aromatic rings. The lowest BCUT2D eigenvalue weighted by atomic mass is 9.90. The summed E-state index contributed by atoms with van der Waals surface area (Å²) in [5.41, 5.74) is 0.0451. The second kappa shape index (κ2) is 8.99.